The molecule has 0 saturated carbocycles. The van der Waals surface area contributed by atoms with Crippen molar-refractivity contribution >= 4 is 64.1 Å². The van der Waals surface area contributed by atoms with Crippen molar-refractivity contribution in [2.45, 2.75) is 0 Å². The van der Waals surface area contributed by atoms with Crippen LogP contribution in [0.5, 0.6) is 0 Å². The molecular formula is C14H4B4F3N. The molecule has 0 saturated heterocycles. The topological polar surface area (TPSA) is 15.8 Å². The van der Waals surface area contributed by atoms with Gasteiger partial charge in [-0.3, -0.25) is 0 Å². The Kier molecular flexibility index (Phi) is 3.42. The molecule has 0 unspecified atom stereocenters. The summed E-state index contributed by atoms with van der Waals surface area (Å²) in [6.45, 7) is 0. The van der Waals surface area contributed by atoms with E-state index < -0.39 is 17.5 Å². The number of benzene rings is 2. The Balaban J connectivity index is 2.35. The second kappa shape index (κ2) is 5.04. The van der Waals surface area contributed by atoms with E-state index in [0.717, 1.165) is 12.1 Å². The maximum absolute atomic E-state index is 13.8. The lowest BCUT2D eigenvalue weighted by molar-refractivity contribution is 0.591. The number of fused-ring (bicyclic) bond motifs is 1. The van der Waals surface area contributed by atoms with Gasteiger partial charge in [-0.05, 0) is 17.7 Å². The third-order valence-electron chi connectivity index (χ3n) is 3.51. The maximum Gasteiger partial charge on any atom is 0.150 e. The lowest BCUT2D eigenvalue weighted by Crippen LogP contribution is -2.45. The highest BCUT2D eigenvalue weighted by atomic mass is 19.1. The first-order valence-corrected chi connectivity index (χ1v) is 6.20. The fourth-order valence-corrected chi connectivity index (χ4v) is 2.39. The predicted molar refractivity (Wildman–Crippen MR) is 85.2 cm³/mol. The van der Waals surface area contributed by atoms with E-state index in [-0.39, 0.29) is 44.0 Å². The van der Waals surface area contributed by atoms with Crippen molar-refractivity contribution in [3.05, 3.63) is 35.7 Å². The van der Waals surface area contributed by atoms with Crippen LogP contribution in [0.3, 0.4) is 0 Å². The molecule has 1 aromatic heterocycles. The number of nitrogens with one attached hydrogen (secondary N) is 1. The third kappa shape index (κ3) is 2.09. The van der Waals surface area contributed by atoms with Crippen molar-refractivity contribution in [3.63, 3.8) is 0 Å². The van der Waals surface area contributed by atoms with Gasteiger partial charge in [-0.15, -0.1) is 0 Å². The molecule has 2 aromatic carbocycles. The van der Waals surface area contributed by atoms with Crippen LogP contribution in [0.4, 0.5) is 13.2 Å². The highest BCUT2D eigenvalue weighted by Gasteiger charge is 2.17. The minimum atomic E-state index is -0.910. The molecule has 0 spiro atoms. The molecule has 0 bridgehead atoms. The summed E-state index contributed by atoms with van der Waals surface area (Å²) in [6.07, 6.45) is 0. The summed E-state index contributed by atoms with van der Waals surface area (Å²) in [7, 11) is 22.7. The van der Waals surface area contributed by atoms with Crippen LogP contribution in [0.2, 0.25) is 0 Å². The van der Waals surface area contributed by atoms with Crippen molar-refractivity contribution in [1.82, 2.24) is 4.98 Å². The lowest BCUT2D eigenvalue weighted by atomic mass is 9.66. The minimum Gasteiger partial charge on any atom is -0.352 e. The molecule has 0 aliphatic heterocycles. The summed E-state index contributed by atoms with van der Waals surface area (Å²) in [5, 5.41) is 0.271. The highest BCUT2D eigenvalue weighted by molar-refractivity contribution is 6.59. The Morgan fingerprint density at radius 2 is 1.36 bits per heavy atom. The summed E-state index contributed by atoms with van der Waals surface area (Å²) in [6, 6.07) is 3.31. The van der Waals surface area contributed by atoms with Gasteiger partial charge in [0.15, 0.2) is 0 Å². The number of rotatable bonds is 1. The maximum atomic E-state index is 13.8. The van der Waals surface area contributed by atoms with Crippen LogP contribution in [0.1, 0.15) is 0 Å². The van der Waals surface area contributed by atoms with E-state index in [1.807, 2.05) is 0 Å². The monoisotopic (exact) mass is 287 g/mol. The zero-order valence-corrected chi connectivity index (χ0v) is 11.2. The van der Waals surface area contributed by atoms with Crippen molar-refractivity contribution in [2.24, 2.45) is 0 Å². The molecule has 3 rings (SSSR count). The van der Waals surface area contributed by atoms with Gasteiger partial charge in [0.05, 0.1) is 5.52 Å². The van der Waals surface area contributed by atoms with Crippen LogP contribution < -0.4 is 21.9 Å². The van der Waals surface area contributed by atoms with Gasteiger partial charge in [-0.25, -0.2) is 13.2 Å². The van der Waals surface area contributed by atoms with E-state index in [4.69, 9.17) is 31.4 Å². The molecule has 3 aromatic rings. The Morgan fingerprint density at radius 3 is 1.95 bits per heavy atom. The van der Waals surface area contributed by atoms with Gasteiger partial charge in [-0.1, -0.05) is 21.9 Å². The Hall–Kier alpha value is -1.97. The summed E-state index contributed by atoms with van der Waals surface area (Å²) in [5.74, 6) is -2.41. The zero-order chi connectivity index (χ0) is 16.2. The van der Waals surface area contributed by atoms with Crippen molar-refractivity contribution < 1.29 is 13.2 Å². The Labute approximate surface area is 129 Å². The highest BCUT2D eigenvalue weighted by Crippen LogP contribution is 2.24. The molecule has 1 nitrogen and oxygen atoms in total. The number of H-pyrrole nitrogens is 1. The number of hydrogen-bond donors (Lipinski definition) is 1. The quantitative estimate of drug-likeness (QED) is 0.577. The van der Waals surface area contributed by atoms with Crippen LogP contribution in [0, 0.1) is 17.5 Å². The standard InChI is InChI=1S/C14H4B4F3N/c15-9-8(10(16)12(18)13(21)11(9)17)7-2-4-1-5(19)3-6(20)14(4)22-7/h1-3,22H. The average Bonchev–Trinajstić information content (AvgIpc) is 2.87. The molecule has 0 atom stereocenters. The first-order valence-electron chi connectivity index (χ1n) is 6.20. The average molecular weight is 286 g/mol. The Bertz CT molecular complexity index is 891. The molecule has 0 fully saturated rings. The molecule has 0 aliphatic carbocycles. The van der Waals surface area contributed by atoms with Crippen LogP contribution in [-0.4, -0.2) is 36.4 Å². The molecule has 98 valence electrons. The first kappa shape index (κ1) is 14.9. The van der Waals surface area contributed by atoms with E-state index in [0.29, 0.717) is 0 Å². The zero-order valence-electron chi connectivity index (χ0n) is 11.2. The Morgan fingerprint density at radius 1 is 0.773 bits per heavy atom. The van der Waals surface area contributed by atoms with E-state index in [1.165, 1.54) is 6.07 Å². The molecular weight excluding hydrogens is 282 g/mol. The number of aromatic nitrogens is 1. The van der Waals surface area contributed by atoms with Crippen LogP contribution in [-0.2, 0) is 0 Å². The molecule has 1 heterocycles. The van der Waals surface area contributed by atoms with Gasteiger partial charge < -0.3 is 4.98 Å². The lowest BCUT2D eigenvalue weighted by Gasteiger charge is -2.17. The van der Waals surface area contributed by atoms with E-state index in [2.05, 4.69) is 4.98 Å². The summed E-state index contributed by atoms with van der Waals surface area (Å²) in [4.78, 5) is 2.73. The minimum absolute atomic E-state index is 0.0664. The van der Waals surface area contributed by atoms with Gasteiger partial charge in [0.25, 0.3) is 0 Å². The second-order valence-corrected chi connectivity index (χ2v) is 4.88. The molecule has 22 heavy (non-hydrogen) atoms. The van der Waals surface area contributed by atoms with E-state index in [1.54, 1.807) is 0 Å². The smallest absolute Gasteiger partial charge is 0.150 e. The summed E-state index contributed by atoms with van der Waals surface area (Å²) < 4.78 is 40.8. The molecule has 0 amide bonds. The predicted octanol–water partition coefficient (Wildman–Crippen LogP) is -0.573. The van der Waals surface area contributed by atoms with Gasteiger partial charge in [0.2, 0.25) is 0 Å². The van der Waals surface area contributed by atoms with Crippen molar-refractivity contribution in [3.8, 4) is 11.3 Å². The first-order chi connectivity index (χ1) is 10.3. The number of hydrogen-bond acceptors (Lipinski definition) is 0. The summed E-state index contributed by atoms with van der Waals surface area (Å²) >= 11 is 0. The number of halogens is 3. The number of aromatic amines is 1. The molecule has 8 heteroatoms. The van der Waals surface area contributed by atoms with E-state index in [9.17, 15) is 13.2 Å². The fourth-order valence-electron chi connectivity index (χ4n) is 2.39. The van der Waals surface area contributed by atoms with Gasteiger partial charge >= 0.3 is 0 Å². The van der Waals surface area contributed by atoms with Gasteiger partial charge in [0.1, 0.15) is 48.8 Å². The van der Waals surface area contributed by atoms with Gasteiger partial charge in [0, 0.05) is 17.1 Å². The van der Waals surface area contributed by atoms with Crippen molar-refractivity contribution in [2.75, 3.05) is 0 Å². The normalized spacial score (nSPS) is 11.2. The van der Waals surface area contributed by atoms with E-state index >= 15 is 0 Å². The van der Waals surface area contributed by atoms with Crippen LogP contribution in [0.25, 0.3) is 22.2 Å². The van der Waals surface area contributed by atoms with Crippen LogP contribution >= 0.6 is 0 Å². The van der Waals surface area contributed by atoms with Crippen LogP contribution in [0.15, 0.2) is 18.2 Å². The third-order valence-corrected chi connectivity index (χ3v) is 3.51. The van der Waals surface area contributed by atoms with Gasteiger partial charge in [-0.2, -0.15) is 0 Å². The largest absolute Gasteiger partial charge is 0.352 e. The summed E-state index contributed by atoms with van der Waals surface area (Å²) in [5.41, 5.74) is -0.496. The second-order valence-electron chi connectivity index (χ2n) is 4.88. The molecule has 0 aliphatic rings. The molecule has 1 N–H and O–H groups in total. The molecule has 8 radical (unpaired) electrons. The fraction of sp³-hybridized carbons (Fsp3) is 0. The SMILES string of the molecule is [B]c1c([B])c(-c2cc3cc(F)cc(F)c3[nH]2)c([B])c([B])c1F. The van der Waals surface area contributed by atoms with Crippen molar-refractivity contribution in [1.29, 1.82) is 0 Å².